The molecule has 17 heavy (non-hydrogen) atoms. The summed E-state index contributed by atoms with van der Waals surface area (Å²) in [7, 11) is 1.28. The van der Waals surface area contributed by atoms with Crippen molar-refractivity contribution in [1.29, 1.82) is 0 Å². The SMILES string of the molecule is COC(=O)C1COCCN1C(=O)c1csnn1. The minimum Gasteiger partial charge on any atom is -0.467 e. The Kier molecular flexibility index (Phi) is 3.64. The van der Waals surface area contributed by atoms with Crippen LogP contribution in [0.4, 0.5) is 0 Å². The molecule has 0 bridgehead atoms. The maximum absolute atomic E-state index is 12.1. The third kappa shape index (κ3) is 2.42. The molecule has 1 saturated heterocycles. The second-order valence-electron chi connectivity index (χ2n) is 3.40. The van der Waals surface area contributed by atoms with Crippen LogP contribution in [0, 0.1) is 0 Å². The van der Waals surface area contributed by atoms with Crippen molar-refractivity contribution < 1.29 is 19.1 Å². The van der Waals surface area contributed by atoms with Crippen LogP contribution in [0.2, 0.25) is 0 Å². The molecule has 0 aliphatic carbocycles. The molecule has 1 fully saturated rings. The van der Waals surface area contributed by atoms with Gasteiger partial charge in [0.25, 0.3) is 5.91 Å². The van der Waals surface area contributed by atoms with E-state index in [0.29, 0.717) is 13.2 Å². The van der Waals surface area contributed by atoms with Gasteiger partial charge in [0.2, 0.25) is 0 Å². The lowest BCUT2D eigenvalue weighted by Gasteiger charge is -2.32. The second-order valence-corrected chi connectivity index (χ2v) is 4.01. The van der Waals surface area contributed by atoms with E-state index in [4.69, 9.17) is 4.74 Å². The summed E-state index contributed by atoms with van der Waals surface area (Å²) in [5, 5.41) is 5.24. The van der Waals surface area contributed by atoms with E-state index in [1.807, 2.05) is 0 Å². The number of carbonyl (C=O) groups is 2. The lowest BCUT2D eigenvalue weighted by molar-refractivity contribution is -0.151. The van der Waals surface area contributed by atoms with Crippen molar-refractivity contribution in [2.24, 2.45) is 0 Å². The predicted molar refractivity (Wildman–Crippen MR) is 57.6 cm³/mol. The molecule has 1 aromatic heterocycles. The molecule has 92 valence electrons. The van der Waals surface area contributed by atoms with Gasteiger partial charge < -0.3 is 14.4 Å². The van der Waals surface area contributed by atoms with Crippen LogP contribution in [-0.2, 0) is 14.3 Å². The van der Waals surface area contributed by atoms with Crippen molar-refractivity contribution in [3.05, 3.63) is 11.1 Å². The van der Waals surface area contributed by atoms with Crippen LogP contribution >= 0.6 is 11.5 Å². The van der Waals surface area contributed by atoms with E-state index >= 15 is 0 Å². The van der Waals surface area contributed by atoms with Crippen LogP contribution in [0.3, 0.4) is 0 Å². The average Bonchev–Trinajstić information content (AvgIpc) is 2.91. The van der Waals surface area contributed by atoms with E-state index < -0.39 is 12.0 Å². The van der Waals surface area contributed by atoms with E-state index in [9.17, 15) is 9.59 Å². The third-order valence-electron chi connectivity index (χ3n) is 2.44. The standard InChI is InChI=1S/C9H11N3O4S/c1-15-9(14)7-4-16-3-2-12(7)8(13)6-5-17-11-10-6/h5,7H,2-4H2,1H3. The van der Waals surface area contributed by atoms with Crippen LogP contribution in [0.5, 0.6) is 0 Å². The molecule has 1 atom stereocenters. The van der Waals surface area contributed by atoms with Gasteiger partial charge in [-0.2, -0.15) is 0 Å². The molecule has 0 spiro atoms. The van der Waals surface area contributed by atoms with Gasteiger partial charge in [0, 0.05) is 11.9 Å². The summed E-state index contributed by atoms with van der Waals surface area (Å²) in [6.45, 7) is 0.892. The zero-order valence-corrected chi connectivity index (χ0v) is 9.98. The molecule has 1 unspecified atom stereocenters. The van der Waals surface area contributed by atoms with Gasteiger partial charge in [-0.3, -0.25) is 4.79 Å². The maximum Gasteiger partial charge on any atom is 0.331 e. The van der Waals surface area contributed by atoms with Crippen LogP contribution in [-0.4, -0.2) is 59.3 Å². The molecule has 7 nitrogen and oxygen atoms in total. The van der Waals surface area contributed by atoms with Crippen LogP contribution in [0.15, 0.2) is 5.38 Å². The molecule has 0 saturated carbocycles. The van der Waals surface area contributed by atoms with Gasteiger partial charge in [-0.15, -0.1) is 5.10 Å². The van der Waals surface area contributed by atoms with Crippen molar-refractivity contribution in [2.75, 3.05) is 26.9 Å². The van der Waals surface area contributed by atoms with Crippen molar-refractivity contribution in [3.8, 4) is 0 Å². The van der Waals surface area contributed by atoms with Crippen LogP contribution < -0.4 is 0 Å². The lowest BCUT2D eigenvalue weighted by Crippen LogP contribution is -2.53. The Morgan fingerprint density at radius 2 is 2.47 bits per heavy atom. The van der Waals surface area contributed by atoms with Crippen LogP contribution in [0.1, 0.15) is 10.5 Å². The monoisotopic (exact) mass is 257 g/mol. The summed E-state index contributed by atoms with van der Waals surface area (Å²) in [6, 6.07) is -0.706. The molecule has 1 amide bonds. The quantitative estimate of drug-likeness (QED) is 0.668. The number of hydrogen-bond donors (Lipinski definition) is 0. The second kappa shape index (κ2) is 5.19. The van der Waals surface area contributed by atoms with E-state index in [2.05, 4.69) is 14.3 Å². The highest BCUT2D eigenvalue weighted by Crippen LogP contribution is 2.13. The highest BCUT2D eigenvalue weighted by Gasteiger charge is 2.34. The first kappa shape index (κ1) is 11.9. The number of nitrogens with zero attached hydrogens (tertiary/aromatic N) is 3. The zero-order valence-electron chi connectivity index (χ0n) is 9.16. The van der Waals surface area contributed by atoms with Crippen molar-refractivity contribution in [2.45, 2.75) is 6.04 Å². The Bertz CT molecular complexity index is 408. The molecule has 8 heteroatoms. The smallest absolute Gasteiger partial charge is 0.331 e. The van der Waals surface area contributed by atoms with E-state index in [-0.39, 0.29) is 18.2 Å². The summed E-state index contributed by atoms with van der Waals surface area (Å²) < 4.78 is 13.4. The molecule has 2 rings (SSSR count). The Labute approximate surface area is 101 Å². The molecule has 1 aliphatic heterocycles. The average molecular weight is 257 g/mol. The summed E-state index contributed by atoms with van der Waals surface area (Å²) in [6.07, 6.45) is 0. The number of methoxy groups -OCH3 is 1. The minimum absolute atomic E-state index is 0.149. The highest BCUT2D eigenvalue weighted by molar-refractivity contribution is 7.03. The van der Waals surface area contributed by atoms with Crippen molar-refractivity contribution >= 4 is 23.4 Å². The van der Waals surface area contributed by atoms with E-state index in [1.54, 1.807) is 5.38 Å². The number of rotatable bonds is 2. The maximum atomic E-state index is 12.1. The summed E-state index contributed by atoms with van der Waals surface area (Å²) in [4.78, 5) is 25.0. The number of esters is 1. The van der Waals surface area contributed by atoms with Gasteiger partial charge in [0.1, 0.15) is 0 Å². The third-order valence-corrected chi connectivity index (χ3v) is 2.95. The van der Waals surface area contributed by atoms with Crippen molar-refractivity contribution in [1.82, 2.24) is 14.5 Å². The molecule has 1 aromatic rings. The zero-order chi connectivity index (χ0) is 12.3. The Morgan fingerprint density at radius 3 is 3.12 bits per heavy atom. The number of aromatic nitrogens is 2. The van der Waals surface area contributed by atoms with Gasteiger partial charge >= 0.3 is 5.97 Å². The fourth-order valence-corrected chi connectivity index (χ4v) is 2.01. The number of morpholine rings is 1. The van der Waals surface area contributed by atoms with Crippen LogP contribution in [0.25, 0.3) is 0 Å². The van der Waals surface area contributed by atoms with Gasteiger partial charge in [-0.25, -0.2) is 4.79 Å². The summed E-state index contributed by atoms with van der Waals surface area (Å²) in [5.41, 5.74) is 0.241. The normalized spacial score (nSPS) is 20.1. The highest BCUT2D eigenvalue weighted by atomic mass is 32.1. The number of amides is 1. The fourth-order valence-electron chi connectivity index (χ4n) is 1.58. The first-order valence-corrected chi connectivity index (χ1v) is 5.81. The number of carbonyl (C=O) groups excluding carboxylic acids is 2. The fraction of sp³-hybridized carbons (Fsp3) is 0.556. The Hall–Kier alpha value is -1.54. The van der Waals surface area contributed by atoms with E-state index in [1.165, 1.54) is 12.0 Å². The minimum atomic E-state index is -0.706. The first-order valence-electron chi connectivity index (χ1n) is 4.97. The topological polar surface area (TPSA) is 81.6 Å². The lowest BCUT2D eigenvalue weighted by atomic mass is 10.2. The largest absolute Gasteiger partial charge is 0.467 e. The molecular weight excluding hydrogens is 246 g/mol. The predicted octanol–water partition coefficient (Wildman–Crippen LogP) is -0.448. The van der Waals surface area contributed by atoms with Gasteiger partial charge in [0.05, 0.1) is 20.3 Å². The summed E-state index contributed by atoms with van der Waals surface area (Å²) in [5.74, 6) is -0.807. The Morgan fingerprint density at radius 1 is 1.65 bits per heavy atom. The van der Waals surface area contributed by atoms with E-state index in [0.717, 1.165) is 11.5 Å². The molecule has 0 N–H and O–H groups in total. The molecular formula is C9H11N3O4S. The molecule has 1 aliphatic rings. The Balaban J connectivity index is 2.16. The molecule has 2 heterocycles. The molecule has 0 aromatic carbocycles. The first-order chi connectivity index (χ1) is 8.24. The number of hydrogen-bond acceptors (Lipinski definition) is 7. The van der Waals surface area contributed by atoms with Gasteiger partial charge in [-0.1, -0.05) is 4.49 Å². The van der Waals surface area contributed by atoms with Gasteiger partial charge in [0.15, 0.2) is 11.7 Å². The number of ether oxygens (including phenoxy) is 2. The van der Waals surface area contributed by atoms with Crippen molar-refractivity contribution in [3.63, 3.8) is 0 Å². The van der Waals surface area contributed by atoms with Gasteiger partial charge in [-0.05, 0) is 11.5 Å². The molecule has 0 radical (unpaired) electrons. The summed E-state index contributed by atoms with van der Waals surface area (Å²) >= 11 is 1.09.